The maximum absolute atomic E-state index is 12.9. The number of carbonyl (C=O) groups excluding carboxylic acids is 2. The summed E-state index contributed by atoms with van der Waals surface area (Å²) in [5, 5.41) is 3.28. The Hall–Kier alpha value is -3.51. The molecule has 0 fully saturated rings. The molecule has 184 valence electrons. The maximum Gasteiger partial charge on any atom is 0.323 e. The van der Waals surface area contributed by atoms with Crippen molar-refractivity contribution in [1.82, 2.24) is 10.3 Å². The summed E-state index contributed by atoms with van der Waals surface area (Å²) >= 11 is 0. The van der Waals surface area contributed by atoms with Crippen LogP contribution in [0.2, 0.25) is 0 Å². The summed E-state index contributed by atoms with van der Waals surface area (Å²) in [6.45, 7) is 6.66. The average Bonchev–Trinajstić information content (AvgIpc) is 2.88. The van der Waals surface area contributed by atoms with Gasteiger partial charge in [0.15, 0.2) is 0 Å². The van der Waals surface area contributed by atoms with Gasteiger partial charge in [-0.1, -0.05) is 74.5 Å². The van der Waals surface area contributed by atoms with Crippen molar-refractivity contribution in [3.8, 4) is 11.3 Å². The highest BCUT2D eigenvalue weighted by Gasteiger charge is 2.27. The molecule has 0 saturated carbocycles. The third-order valence-electron chi connectivity index (χ3n) is 5.63. The van der Waals surface area contributed by atoms with Crippen LogP contribution in [0.1, 0.15) is 44.2 Å². The average molecular weight is 475 g/mol. The molecule has 1 heterocycles. The van der Waals surface area contributed by atoms with Crippen molar-refractivity contribution in [2.24, 2.45) is 5.92 Å². The Morgan fingerprint density at radius 2 is 1.60 bits per heavy atom. The van der Waals surface area contributed by atoms with Crippen molar-refractivity contribution < 1.29 is 19.1 Å². The maximum atomic E-state index is 12.9. The number of nitrogens with zero attached hydrogens (tertiary/aromatic N) is 1. The summed E-state index contributed by atoms with van der Waals surface area (Å²) < 4.78 is 10.9. The van der Waals surface area contributed by atoms with E-state index in [1.807, 2.05) is 72.8 Å². The molecular weight excluding hydrogens is 440 g/mol. The number of hydrogen-bond acceptors (Lipinski definition) is 6. The molecule has 0 saturated heterocycles. The minimum absolute atomic E-state index is 0.215. The molecule has 0 bridgehead atoms. The van der Waals surface area contributed by atoms with Crippen molar-refractivity contribution in [2.45, 2.75) is 45.8 Å². The number of carbonyl (C=O) groups is 2. The standard InChI is InChI=1S/C29H34N2O4/c1-4-34-28(32)25(23-13-15-24(16-14-23)26-12-8-9-17-30-26)19-31-27(18-21(2)3)29(33)35-20-22-10-6-5-7-11-22/h5-17,21,25,27,31H,4,18-20H2,1-3H3/t25?,27-/m0/s1. The van der Waals surface area contributed by atoms with Gasteiger partial charge in [-0.3, -0.25) is 14.6 Å². The van der Waals surface area contributed by atoms with E-state index in [4.69, 9.17) is 9.47 Å². The Morgan fingerprint density at radius 1 is 0.886 bits per heavy atom. The number of pyridine rings is 1. The van der Waals surface area contributed by atoms with Gasteiger partial charge >= 0.3 is 11.9 Å². The Balaban J connectivity index is 1.71. The smallest absolute Gasteiger partial charge is 0.323 e. The third kappa shape index (κ3) is 8.04. The molecule has 0 aliphatic heterocycles. The second-order valence-corrected chi connectivity index (χ2v) is 8.83. The number of benzene rings is 2. The van der Waals surface area contributed by atoms with E-state index in [9.17, 15) is 9.59 Å². The fourth-order valence-electron chi connectivity index (χ4n) is 3.82. The molecule has 3 rings (SSSR count). The zero-order chi connectivity index (χ0) is 25.0. The van der Waals surface area contributed by atoms with Gasteiger partial charge in [0.2, 0.25) is 0 Å². The van der Waals surface area contributed by atoms with Crippen LogP contribution in [0.15, 0.2) is 79.0 Å². The van der Waals surface area contributed by atoms with Crippen LogP contribution in [-0.4, -0.2) is 36.1 Å². The van der Waals surface area contributed by atoms with Gasteiger partial charge in [0, 0.05) is 18.3 Å². The SMILES string of the molecule is CCOC(=O)C(CN[C@@H](CC(C)C)C(=O)OCc1ccccc1)c1ccc(-c2ccccn2)cc1. The van der Waals surface area contributed by atoms with Gasteiger partial charge in [-0.05, 0) is 42.5 Å². The van der Waals surface area contributed by atoms with Gasteiger partial charge in [-0.25, -0.2) is 0 Å². The van der Waals surface area contributed by atoms with Crippen LogP contribution in [0.25, 0.3) is 11.3 Å². The van der Waals surface area contributed by atoms with Crippen LogP contribution in [0.5, 0.6) is 0 Å². The van der Waals surface area contributed by atoms with Crippen molar-refractivity contribution in [3.05, 3.63) is 90.1 Å². The molecule has 6 nitrogen and oxygen atoms in total. The van der Waals surface area contributed by atoms with Crippen LogP contribution < -0.4 is 5.32 Å². The lowest BCUT2D eigenvalue weighted by Gasteiger charge is -2.23. The zero-order valence-corrected chi connectivity index (χ0v) is 20.6. The fraction of sp³-hybridized carbons (Fsp3) is 0.345. The van der Waals surface area contributed by atoms with E-state index < -0.39 is 12.0 Å². The van der Waals surface area contributed by atoms with Crippen LogP contribution in [0.3, 0.4) is 0 Å². The van der Waals surface area contributed by atoms with E-state index in [0.717, 1.165) is 22.4 Å². The van der Waals surface area contributed by atoms with E-state index in [-0.39, 0.29) is 37.6 Å². The Labute approximate surface area is 207 Å². The number of esters is 2. The van der Waals surface area contributed by atoms with Crippen LogP contribution in [0, 0.1) is 5.92 Å². The molecule has 1 aromatic heterocycles. The number of nitrogens with one attached hydrogen (secondary N) is 1. The summed E-state index contributed by atoms with van der Waals surface area (Å²) in [6.07, 6.45) is 2.35. The third-order valence-corrected chi connectivity index (χ3v) is 5.63. The summed E-state index contributed by atoms with van der Waals surface area (Å²) in [6, 6.07) is 22.5. The van der Waals surface area contributed by atoms with E-state index in [1.54, 1.807) is 13.1 Å². The quantitative estimate of drug-likeness (QED) is 0.366. The normalized spacial score (nSPS) is 12.7. The highest BCUT2D eigenvalue weighted by Crippen LogP contribution is 2.23. The van der Waals surface area contributed by atoms with E-state index >= 15 is 0 Å². The molecule has 6 heteroatoms. The van der Waals surface area contributed by atoms with E-state index in [2.05, 4.69) is 24.1 Å². The van der Waals surface area contributed by atoms with E-state index in [1.165, 1.54) is 0 Å². The number of rotatable bonds is 12. The van der Waals surface area contributed by atoms with Gasteiger partial charge in [0.1, 0.15) is 12.6 Å². The second-order valence-electron chi connectivity index (χ2n) is 8.83. The van der Waals surface area contributed by atoms with Crippen molar-refractivity contribution >= 4 is 11.9 Å². The van der Waals surface area contributed by atoms with Crippen LogP contribution >= 0.6 is 0 Å². The van der Waals surface area contributed by atoms with Crippen molar-refractivity contribution in [2.75, 3.05) is 13.2 Å². The monoisotopic (exact) mass is 474 g/mol. The molecule has 0 aliphatic rings. The van der Waals surface area contributed by atoms with Gasteiger partial charge in [0.05, 0.1) is 18.2 Å². The van der Waals surface area contributed by atoms with Gasteiger partial charge in [0.25, 0.3) is 0 Å². The van der Waals surface area contributed by atoms with Crippen molar-refractivity contribution in [1.29, 1.82) is 0 Å². The highest BCUT2D eigenvalue weighted by molar-refractivity contribution is 5.79. The molecule has 0 spiro atoms. The molecule has 1 N–H and O–H groups in total. The molecule has 0 aliphatic carbocycles. The topological polar surface area (TPSA) is 77.5 Å². The summed E-state index contributed by atoms with van der Waals surface area (Å²) in [4.78, 5) is 30.1. The largest absolute Gasteiger partial charge is 0.465 e. The Kier molecular flexibility index (Phi) is 9.99. The lowest BCUT2D eigenvalue weighted by molar-refractivity contribution is -0.149. The first-order valence-corrected chi connectivity index (χ1v) is 12.1. The predicted molar refractivity (Wildman–Crippen MR) is 137 cm³/mol. The summed E-state index contributed by atoms with van der Waals surface area (Å²) in [7, 11) is 0. The minimum Gasteiger partial charge on any atom is -0.465 e. The van der Waals surface area contributed by atoms with E-state index in [0.29, 0.717) is 6.42 Å². The van der Waals surface area contributed by atoms with Gasteiger partial charge < -0.3 is 14.8 Å². The number of hydrogen-bond donors (Lipinski definition) is 1. The van der Waals surface area contributed by atoms with Gasteiger partial charge in [-0.15, -0.1) is 0 Å². The predicted octanol–water partition coefficient (Wildman–Crippen LogP) is 5.14. The number of ether oxygens (including phenoxy) is 2. The molecule has 1 unspecified atom stereocenters. The summed E-state index contributed by atoms with van der Waals surface area (Å²) in [5.74, 6) is -0.929. The van der Waals surface area contributed by atoms with Crippen LogP contribution in [-0.2, 0) is 25.7 Å². The second kappa shape index (κ2) is 13.4. The first-order valence-electron chi connectivity index (χ1n) is 12.1. The zero-order valence-electron chi connectivity index (χ0n) is 20.6. The molecule has 3 aromatic rings. The lowest BCUT2D eigenvalue weighted by atomic mass is 9.96. The molecule has 35 heavy (non-hydrogen) atoms. The van der Waals surface area contributed by atoms with Crippen LogP contribution in [0.4, 0.5) is 0 Å². The molecular formula is C29H34N2O4. The molecule has 0 amide bonds. The Bertz CT molecular complexity index is 1050. The first-order chi connectivity index (χ1) is 17.0. The molecule has 0 radical (unpaired) electrons. The highest BCUT2D eigenvalue weighted by atomic mass is 16.5. The van der Waals surface area contributed by atoms with Crippen molar-refractivity contribution in [3.63, 3.8) is 0 Å². The lowest BCUT2D eigenvalue weighted by Crippen LogP contribution is -2.42. The first kappa shape index (κ1) is 26.1. The minimum atomic E-state index is -0.552. The fourth-order valence-corrected chi connectivity index (χ4v) is 3.82. The molecule has 2 aromatic carbocycles. The number of aromatic nitrogens is 1. The van der Waals surface area contributed by atoms with Gasteiger partial charge in [-0.2, -0.15) is 0 Å². The summed E-state index contributed by atoms with van der Waals surface area (Å²) in [5.41, 5.74) is 3.58. The Morgan fingerprint density at radius 3 is 2.23 bits per heavy atom. The molecule has 2 atom stereocenters.